The van der Waals surface area contributed by atoms with Crippen LogP contribution < -0.4 is 14.8 Å². The summed E-state index contributed by atoms with van der Waals surface area (Å²) in [5.41, 5.74) is 2.11. The SMILES string of the molecule is CCOC(=O)c1ccc(N=C2S[C@@H](CC(=O)Nc3ccc(F)cc3)C(=O)N2Cc2ccc(OC)c(OC)c2)cc1. The third-order valence-electron chi connectivity index (χ3n) is 5.91. The Morgan fingerprint density at radius 1 is 1.00 bits per heavy atom. The predicted octanol–water partition coefficient (Wildman–Crippen LogP) is 5.18. The van der Waals surface area contributed by atoms with Gasteiger partial charge in [-0.1, -0.05) is 17.8 Å². The average molecular weight is 566 g/mol. The number of amides is 2. The number of rotatable bonds is 10. The van der Waals surface area contributed by atoms with E-state index in [1.807, 2.05) is 6.07 Å². The van der Waals surface area contributed by atoms with E-state index in [0.717, 1.165) is 5.56 Å². The Morgan fingerprint density at radius 2 is 1.70 bits per heavy atom. The van der Waals surface area contributed by atoms with Crippen LogP contribution in [0.3, 0.4) is 0 Å². The number of benzene rings is 3. The summed E-state index contributed by atoms with van der Waals surface area (Å²) in [4.78, 5) is 44.4. The number of aliphatic imine (C=N–C) groups is 1. The summed E-state index contributed by atoms with van der Waals surface area (Å²) in [6.07, 6.45) is -0.107. The maximum Gasteiger partial charge on any atom is 0.338 e. The summed E-state index contributed by atoms with van der Waals surface area (Å²) >= 11 is 1.18. The fraction of sp³-hybridized carbons (Fsp3) is 0.241. The van der Waals surface area contributed by atoms with E-state index in [1.165, 1.54) is 55.1 Å². The highest BCUT2D eigenvalue weighted by molar-refractivity contribution is 8.15. The van der Waals surface area contributed by atoms with Gasteiger partial charge in [-0.15, -0.1) is 0 Å². The van der Waals surface area contributed by atoms with Crippen molar-refractivity contribution in [2.24, 2.45) is 4.99 Å². The van der Waals surface area contributed by atoms with E-state index < -0.39 is 17.0 Å². The van der Waals surface area contributed by atoms with Gasteiger partial charge in [0.1, 0.15) is 11.1 Å². The summed E-state index contributed by atoms with van der Waals surface area (Å²) in [7, 11) is 3.07. The highest BCUT2D eigenvalue weighted by Crippen LogP contribution is 2.35. The van der Waals surface area contributed by atoms with Crippen molar-refractivity contribution in [3.63, 3.8) is 0 Å². The van der Waals surface area contributed by atoms with Gasteiger partial charge >= 0.3 is 5.97 Å². The second-order valence-electron chi connectivity index (χ2n) is 8.64. The normalized spacial score (nSPS) is 15.7. The van der Waals surface area contributed by atoms with Crippen LogP contribution in [0.2, 0.25) is 0 Å². The molecule has 0 aromatic heterocycles. The van der Waals surface area contributed by atoms with Crippen molar-refractivity contribution in [2.75, 3.05) is 26.1 Å². The molecule has 9 nitrogen and oxygen atoms in total. The number of amidine groups is 1. The summed E-state index contributed by atoms with van der Waals surface area (Å²) in [6.45, 7) is 2.18. The van der Waals surface area contributed by atoms with Gasteiger partial charge in [0.2, 0.25) is 11.8 Å². The number of methoxy groups -OCH3 is 2. The maximum absolute atomic E-state index is 13.5. The molecule has 4 rings (SSSR count). The highest BCUT2D eigenvalue weighted by Gasteiger charge is 2.39. The molecule has 0 bridgehead atoms. The van der Waals surface area contributed by atoms with Crippen LogP contribution in [-0.4, -0.2) is 53.9 Å². The van der Waals surface area contributed by atoms with Gasteiger partial charge in [-0.3, -0.25) is 14.5 Å². The number of carbonyl (C=O) groups is 3. The molecule has 3 aromatic carbocycles. The minimum Gasteiger partial charge on any atom is -0.493 e. The fourth-order valence-electron chi connectivity index (χ4n) is 3.94. The van der Waals surface area contributed by atoms with Crippen LogP contribution in [0.25, 0.3) is 0 Å². The van der Waals surface area contributed by atoms with Crippen molar-refractivity contribution in [2.45, 2.75) is 25.1 Å². The van der Waals surface area contributed by atoms with Gasteiger partial charge in [-0.05, 0) is 73.2 Å². The lowest BCUT2D eigenvalue weighted by Gasteiger charge is -2.18. The van der Waals surface area contributed by atoms with Crippen LogP contribution in [0.5, 0.6) is 11.5 Å². The number of anilines is 1. The number of carbonyl (C=O) groups excluding carboxylic acids is 3. The van der Waals surface area contributed by atoms with Gasteiger partial charge in [0.25, 0.3) is 0 Å². The topological polar surface area (TPSA) is 107 Å². The zero-order valence-corrected chi connectivity index (χ0v) is 23.0. The van der Waals surface area contributed by atoms with Crippen molar-refractivity contribution in [1.29, 1.82) is 0 Å². The second-order valence-corrected chi connectivity index (χ2v) is 9.81. The highest BCUT2D eigenvalue weighted by atomic mass is 32.2. The number of ether oxygens (including phenoxy) is 3. The number of thioether (sulfide) groups is 1. The average Bonchev–Trinajstić information content (AvgIpc) is 3.23. The fourth-order valence-corrected chi connectivity index (χ4v) is 5.10. The molecule has 208 valence electrons. The second kappa shape index (κ2) is 13.1. The Labute approximate surface area is 235 Å². The molecule has 1 heterocycles. The molecule has 1 fully saturated rings. The number of nitrogens with zero attached hydrogens (tertiary/aromatic N) is 2. The first-order valence-corrected chi connectivity index (χ1v) is 13.3. The molecule has 1 saturated heterocycles. The van der Waals surface area contributed by atoms with E-state index >= 15 is 0 Å². The Morgan fingerprint density at radius 3 is 2.35 bits per heavy atom. The van der Waals surface area contributed by atoms with Gasteiger partial charge in [0.05, 0.1) is 38.6 Å². The van der Waals surface area contributed by atoms with E-state index in [-0.39, 0.29) is 31.4 Å². The number of esters is 1. The van der Waals surface area contributed by atoms with Crippen LogP contribution in [0.15, 0.2) is 71.7 Å². The van der Waals surface area contributed by atoms with Gasteiger partial charge in [-0.25, -0.2) is 14.2 Å². The number of hydrogen-bond donors (Lipinski definition) is 1. The van der Waals surface area contributed by atoms with E-state index in [1.54, 1.807) is 43.3 Å². The lowest BCUT2D eigenvalue weighted by Crippen LogP contribution is -2.33. The van der Waals surface area contributed by atoms with E-state index in [2.05, 4.69) is 10.3 Å². The molecule has 3 aromatic rings. The molecule has 11 heteroatoms. The van der Waals surface area contributed by atoms with Crippen LogP contribution >= 0.6 is 11.8 Å². The zero-order chi connectivity index (χ0) is 28.6. The molecule has 1 N–H and O–H groups in total. The zero-order valence-electron chi connectivity index (χ0n) is 22.2. The predicted molar refractivity (Wildman–Crippen MR) is 151 cm³/mol. The monoisotopic (exact) mass is 565 g/mol. The molecule has 1 aliphatic rings. The molecule has 0 aliphatic carbocycles. The largest absolute Gasteiger partial charge is 0.493 e. The Hall–Kier alpha value is -4.38. The van der Waals surface area contributed by atoms with Crippen LogP contribution in [0.1, 0.15) is 29.3 Å². The minimum absolute atomic E-state index is 0.107. The molecule has 0 saturated carbocycles. The maximum atomic E-state index is 13.5. The van der Waals surface area contributed by atoms with Crippen molar-refractivity contribution in [3.05, 3.63) is 83.7 Å². The Bertz CT molecular complexity index is 1410. The molecule has 1 aliphatic heterocycles. The summed E-state index contributed by atoms with van der Waals surface area (Å²) in [5, 5.41) is 2.38. The third kappa shape index (κ3) is 6.97. The van der Waals surface area contributed by atoms with E-state index in [9.17, 15) is 18.8 Å². The molecule has 2 amide bonds. The molecule has 0 radical (unpaired) electrons. The van der Waals surface area contributed by atoms with E-state index in [4.69, 9.17) is 14.2 Å². The molecular formula is C29H28FN3O6S. The molecule has 0 spiro atoms. The van der Waals surface area contributed by atoms with E-state index in [0.29, 0.717) is 33.6 Å². The standard InChI is InChI=1S/C29H28FN3O6S/c1-4-39-28(36)19-6-10-22(11-7-19)32-29-33(17-18-5-14-23(37-2)24(15-18)38-3)27(35)25(40-29)16-26(34)31-21-12-8-20(30)9-13-21/h5-15,25H,4,16-17H2,1-3H3,(H,31,34)/t25-/m0/s1. The minimum atomic E-state index is -0.724. The number of hydrogen-bond acceptors (Lipinski definition) is 8. The van der Waals surface area contributed by atoms with Crippen molar-refractivity contribution in [3.8, 4) is 11.5 Å². The number of halogens is 1. The molecular weight excluding hydrogens is 537 g/mol. The Balaban J connectivity index is 1.58. The van der Waals surface area contributed by atoms with Gasteiger partial charge in [-0.2, -0.15) is 0 Å². The quantitative estimate of drug-likeness (QED) is 0.338. The lowest BCUT2D eigenvalue weighted by atomic mass is 10.1. The Kier molecular flexibility index (Phi) is 9.39. The molecule has 1 atom stereocenters. The van der Waals surface area contributed by atoms with Crippen molar-refractivity contribution >= 4 is 46.1 Å². The first-order chi connectivity index (χ1) is 19.3. The van der Waals surface area contributed by atoms with Crippen molar-refractivity contribution < 1.29 is 33.0 Å². The third-order valence-corrected chi connectivity index (χ3v) is 7.09. The van der Waals surface area contributed by atoms with Crippen molar-refractivity contribution in [1.82, 2.24) is 4.90 Å². The first kappa shape index (κ1) is 28.6. The molecule has 0 unspecified atom stereocenters. The van der Waals surface area contributed by atoms with Gasteiger partial charge in [0.15, 0.2) is 16.7 Å². The summed E-state index contributed by atoms with van der Waals surface area (Å²) in [6, 6.07) is 17.3. The molecule has 40 heavy (non-hydrogen) atoms. The first-order valence-electron chi connectivity index (χ1n) is 12.4. The smallest absolute Gasteiger partial charge is 0.338 e. The summed E-state index contributed by atoms with van der Waals surface area (Å²) < 4.78 is 28.9. The van der Waals surface area contributed by atoms with Gasteiger partial charge < -0.3 is 19.5 Å². The number of nitrogens with one attached hydrogen (secondary N) is 1. The van der Waals surface area contributed by atoms with Gasteiger partial charge in [0, 0.05) is 12.1 Å². The van der Waals surface area contributed by atoms with Crippen LogP contribution in [0.4, 0.5) is 15.8 Å². The van der Waals surface area contributed by atoms with Crippen LogP contribution in [-0.2, 0) is 20.9 Å². The van der Waals surface area contributed by atoms with Crippen LogP contribution in [0, 0.1) is 5.82 Å². The summed E-state index contributed by atoms with van der Waals surface area (Å²) in [5.74, 6) is -0.447. The lowest BCUT2D eigenvalue weighted by molar-refractivity contribution is -0.128.